The highest BCUT2D eigenvalue weighted by atomic mass is 79.9. The van der Waals surface area contributed by atoms with Crippen LogP contribution < -0.4 is 10.6 Å². The minimum atomic E-state index is 0.172. The largest absolute Gasteiger partial charge is 0.377 e. The molecule has 1 unspecified atom stereocenters. The van der Waals surface area contributed by atoms with Gasteiger partial charge in [-0.25, -0.2) is 0 Å². The molecule has 0 bridgehead atoms. The molecule has 0 spiro atoms. The number of hydrogen-bond acceptors (Lipinski definition) is 2. The smallest absolute Gasteiger partial charge is 0.0614 e. The minimum Gasteiger partial charge on any atom is -0.377 e. The molecule has 0 aromatic rings. The average Bonchev–Trinajstić information content (AvgIpc) is 2.71. The van der Waals surface area contributed by atoms with Gasteiger partial charge in [0.1, 0.15) is 0 Å². The first-order valence-electron chi connectivity index (χ1n) is 9.52. The second-order valence-electron chi connectivity index (χ2n) is 4.65. The third-order valence-electron chi connectivity index (χ3n) is 2.95. The lowest BCUT2D eigenvalue weighted by atomic mass is 10.1. The molecule has 0 aromatic heterocycles. The quantitative estimate of drug-likeness (QED) is 0.243. The summed E-state index contributed by atoms with van der Waals surface area (Å²) in [6, 6.07) is 0.172. The van der Waals surface area contributed by atoms with Crippen molar-refractivity contribution in [1.29, 1.82) is 0 Å². The normalized spacial score (nSPS) is 12.6. The highest BCUT2D eigenvalue weighted by molar-refractivity contribution is 9.11. The number of nitrogens with one attached hydrogen (secondary N) is 2. The summed E-state index contributed by atoms with van der Waals surface area (Å²) in [5.74, 6) is 0. The van der Waals surface area contributed by atoms with Crippen LogP contribution in [-0.2, 0) is 0 Å². The third-order valence-corrected chi connectivity index (χ3v) is 3.25. The Kier molecular flexibility index (Phi) is 26.4. The van der Waals surface area contributed by atoms with Crippen molar-refractivity contribution in [1.82, 2.24) is 10.6 Å². The average molecular weight is 435 g/mol. The molecule has 0 aromatic carbocycles. The summed E-state index contributed by atoms with van der Waals surface area (Å²) in [6.45, 7) is 25.3. The molecule has 2 nitrogen and oxygen atoms in total. The highest BCUT2D eigenvalue weighted by Gasteiger charge is 2.07. The van der Waals surface area contributed by atoms with E-state index in [9.17, 15) is 0 Å². The van der Waals surface area contributed by atoms with Gasteiger partial charge < -0.3 is 10.6 Å². The van der Waals surface area contributed by atoms with Crippen LogP contribution in [0.1, 0.15) is 47.5 Å². The maximum atomic E-state index is 3.90. The number of hydrogen-bond donors (Lipinski definition) is 2. The Bertz CT molecular complexity index is 522. The maximum Gasteiger partial charge on any atom is 0.0614 e. The molecule has 0 radical (unpaired) electrons. The molecule has 1 atom stereocenters. The highest BCUT2D eigenvalue weighted by Crippen LogP contribution is 2.10. The molecule has 0 aliphatic carbocycles. The van der Waals surface area contributed by atoms with Crippen molar-refractivity contribution < 1.29 is 0 Å². The molecule has 3 heteroatoms. The molecule has 0 rings (SSSR count). The van der Waals surface area contributed by atoms with E-state index in [1.807, 2.05) is 63.9 Å². The first kappa shape index (κ1) is 29.8. The van der Waals surface area contributed by atoms with E-state index in [4.69, 9.17) is 0 Å². The van der Waals surface area contributed by atoms with E-state index in [2.05, 4.69) is 59.0 Å². The van der Waals surface area contributed by atoms with Gasteiger partial charge in [-0.15, -0.1) is 6.58 Å². The molecule has 0 heterocycles. The van der Waals surface area contributed by atoms with Crippen LogP contribution in [-0.4, -0.2) is 6.04 Å². The zero-order valence-corrected chi connectivity index (χ0v) is 19.5. The second kappa shape index (κ2) is 24.0. The Balaban J connectivity index is -0.00000134. The van der Waals surface area contributed by atoms with Gasteiger partial charge in [0.25, 0.3) is 0 Å². The summed E-state index contributed by atoms with van der Waals surface area (Å²) >= 11 is 3.34. The van der Waals surface area contributed by atoms with Gasteiger partial charge in [0, 0.05) is 11.7 Å². The van der Waals surface area contributed by atoms with Crippen molar-refractivity contribution in [3.8, 4) is 0 Å². The lowest BCUT2D eigenvalue weighted by Gasteiger charge is -2.20. The molecule has 0 aliphatic heterocycles. The Labute approximate surface area is 177 Å². The first-order valence-corrected chi connectivity index (χ1v) is 10.4. The van der Waals surface area contributed by atoms with Crippen LogP contribution in [0.3, 0.4) is 0 Å². The molecule has 0 amide bonds. The van der Waals surface area contributed by atoms with E-state index < -0.39 is 0 Å². The molecular formula is C24H39BrN2. The molecule has 0 saturated carbocycles. The van der Waals surface area contributed by atoms with Crippen LogP contribution in [0.4, 0.5) is 0 Å². The summed E-state index contributed by atoms with van der Waals surface area (Å²) in [6.07, 6.45) is 17.0. The zero-order chi connectivity index (χ0) is 21.5. The van der Waals surface area contributed by atoms with E-state index in [1.54, 1.807) is 18.2 Å². The van der Waals surface area contributed by atoms with Crippen LogP contribution in [0.5, 0.6) is 0 Å². The van der Waals surface area contributed by atoms with Crippen LogP contribution in [0.15, 0.2) is 97.0 Å². The Morgan fingerprint density at radius 2 is 1.59 bits per heavy atom. The van der Waals surface area contributed by atoms with E-state index in [0.717, 1.165) is 29.9 Å². The monoisotopic (exact) mass is 434 g/mol. The van der Waals surface area contributed by atoms with E-state index in [1.165, 1.54) is 0 Å². The zero-order valence-electron chi connectivity index (χ0n) is 17.9. The van der Waals surface area contributed by atoms with Gasteiger partial charge in [0.2, 0.25) is 0 Å². The van der Waals surface area contributed by atoms with E-state index >= 15 is 0 Å². The fraction of sp³-hybridized carbons (Fsp3) is 0.333. The lowest BCUT2D eigenvalue weighted by Crippen LogP contribution is -2.28. The van der Waals surface area contributed by atoms with Gasteiger partial charge >= 0.3 is 0 Å². The molecule has 0 fully saturated rings. The summed E-state index contributed by atoms with van der Waals surface area (Å²) < 4.78 is 0. The molecule has 2 N–H and O–H groups in total. The molecule has 152 valence electrons. The predicted octanol–water partition coefficient (Wildman–Crippen LogP) is 7.69. The molecular weight excluding hydrogens is 396 g/mol. The van der Waals surface area contributed by atoms with Gasteiger partial charge in [-0.1, -0.05) is 87.7 Å². The Hall–Kier alpha value is -2.00. The Morgan fingerprint density at radius 3 is 2.00 bits per heavy atom. The summed E-state index contributed by atoms with van der Waals surface area (Å²) in [4.78, 5) is 1.86. The van der Waals surface area contributed by atoms with Crippen LogP contribution in [0.2, 0.25) is 0 Å². The fourth-order valence-corrected chi connectivity index (χ4v) is 2.25. The van der Waals surface area contributed by atoms with Crippen LogP contribution >= 0.6 is 15.9 Å². The minimum absolute atomic E-state index is 0.172. The maximum absolute atomic E-state index is 3.90. The van der Waals surface area contributed by atoms with E-state index in [-0.39, 0.29) is 6.04 Å². The number of rotatable bonds is 12. The van der Waals surface area contributed by atoms with Crippen molar-refractivity contribution in [2.75, 3.05) is 0 Å². The van der Waals surface area contributed by atoms with Crippen molar-refractivity contribution in [2.24, 2.45) is 0 Å². The van der Waals surface area contributed by atoms with Gasteiger partial charge in [0.05, 0.1) is 11.4 Å². The Morgan fingerprint density at radius 1 is 1.00 bits per heavy atom. The van der Waals surface area contributed by atoms with Crippen LogP contribution in [0.25, 0.3) is 0 Å². The van der Waals surface area contributed by atoms with Crippen molar-refractivity contribution in [2.45, 2.75) is 53.5 Å². The predicted molar refractivity (Wildman–Crippen MR) is 131 cm³/mol. The summed E-state index contributed by atoms with van der Waals surface area (Å²) in [5, 5.41) is 6.80. The first-order chi connectivity index (χ1) is 13.2. The standard InChI is InChI=1S/C20H27BrN2.2C2H6/c1-6-11-14-18(15-16-21)23-20(10-5)19(9-4)22-17(12-7-2)13-8-3;2*1-2/h6-10,12-13,15-16,18,22-23H,1-2,4-5,11,14H2,3H3;2*1-2H3/b13-8-,16-15+,17-12+,20-19-;;. The van der Waals surface area contributed by atoms with Gasteiger partial charge in [-0.3, -0.25) is 0 Å². The van der Waals surface area contributed by atoms with Gasteiger partial charge in [0.15, 0.2) is 0 Å². The van der Waals surface area contributed by atoms with Crippen LogP contribution in [0, 0.1) is 0 Å². The summed E-state index contributed by atoms with van der Waals surface area (Å²) in [7, 11) is 0. The topological polar surface area (TPSA) is 24.1 Å². The second-order valence-corrected chi connectivity index (χ2v) is 5.18. The van der Waals surface area contributed by atoms with Crippen molar-refractivity contribution in [3.63, 3.8) is 0 Å². The van der Waals surface area contributed by atoms with Crippen molar-refractivity contribution in [3.05, 3.63) is 97.0 Å². The molecule has 0 aliphatic rings. The number of halogens is 1. The molecule has 0 saturated heterocycles. The summed E-state index contributed by atoms with van der Waals surface area (Å²) in [5.41, 5.74) is 2.68. The number of allylic oxidation sites excluding steroid dienone is 7. The van der Waals surface area contributed by atoms with Gasteiger partial charge in [-0.2, -0.15) is 0 Å². The fourth-order valence-electron chi connectivity index (χ4n) is 1.88. The lowest BCUT2D eigenvalue weighted by molar-refractivity contribution is 0.627. The molecule has 27 heavy (non-hydrogen) atoms. The van der Waals surface area contributed by atoms with E-state index in [0.29, 0.717) is 0 Å². The van der Waals surface area contributed by atoms with Crippen molar-refractivity contribution >= 4 is 15.9 Å². The third kappa shape index (κ3) is 15.9. The van der Waals surface area contributed by atoms with Gasteiger partial charge in [-0.05, 0) is 49.1 Å². The SMILES string of the molecule is C=C/C=C(\C=C/C)N/C(C=C)=C(/C=C)NC(/C=C/Br)CCC=C.CC.CC.